The third-order valence-corrected chi connectivity index (χ3v) is 5.02. The number of hydrogen-bond acceptors (Lipinski definition) is 3. The van der Waals surface area contributed by atoms with Crippen molar-refractivity contribution in [2.24, 2.45) is 0 Å². The van der Waals surface area contributed by atoms with Gasteiger partial charge in [-0.3, -0.25) is 4.79 Å². The maximum Gasteiger partial charge on any atom is 0.262 e. The summed E-state index contributed by atoms with van der Waals surface area (Å²) in [6, 6.07) is 19.6. The molecule has 1 aromatic heterocycles. The number of carbonyl (C=O) groups excluding carboxylic acids is 1. The summed E-state index contributed by atoms with van der Waals surface area (Å²) < 4.78 is 5.64. The summed E-state index contributed by atoms with van der Waals surface area (Å²) in [7, 11) is 0. The Labute approximate surface area is 169 Å². The number of nitrogens with one attached hydrogen (secondary N) is 2. The molecule has 0 spiro atoms. The summed E-state index contributed by atoms with van der Waals surface area (Å²) in [5.41, 5.74) is 6.86. The first-order valence-corrected chi connectivity index (χ1v) is 9.55. The number of rotatable bonds is 5. The van der Waals surface area contributed by atoms with E-state index in [2.05, 4.69) is 15.3 Å². The minimum absolute atomic E-state index is 0.0448. The lowest BCUT2D eigenvalue weighted by Crippen LogP contribution is -2.20. The molecule has 1 heterocycles. The van der Waals surface area contributed by atoms with E-state index in [0.29, 0.717) is 5.75 Å². The Morgan fingerprint density at radius 1 is 0.966 bits per heavy atom. The average Bonchev–Trinajstić information content (AvgIpc) is 3.15. The van der Waals surface area contributed by atoms with Crippen molar-refractivity contribution < 1.29 is 9.53 Å². The Bertz CT molecular complexity index is 1160. The van der Waals surface area contributed by atoms with E-state index in [1.807, 2.05) is 81.4 Å². The number of H-pyrrole nitrogens is 1. The molecule has 0 saturated heterocycles. The molecule has 146 valence electrons. The summed E-state index contributed by atoms with van der Waals surface area (Å²) in [4.78, 5) is 20.4. The van der Waals surface area contributed by atoms with Crippen molar-refractivity contribution in [3.05, 3.63) is 77.4 Å². The van der Waals surface area contributed by atoms with Crippen molar-refractivity contribution in [3.8, 4) is 17.1 Å². The van der Waals surface area contributed by atoms with Crippen molar-refractivity contribution in [1.29, 1.82) is 0 Å². The summed E-state index contributed by atoms with van der Waals surface area (Å²) in [6.45, 7) is 5.98. The average molecular weight is 385 g/mol. The van der Waals surface area contributed by atoms with Crippen molar-refractivity contribution in [2.45, 2.75) is 20.8 Å². The minimum atomic E-state index is -0.201. The maximum atomic E-state index is 12.4. The second kappa shape index (κ2) is 7.80. The van der Waals surface area contributed by atoms with E-state index < -0.39 is 0 Å². The zero-order valence-electron chi connectivity index (χ0n) is 16.7. The number of carbonyl (C=O) groups is 1. The first kappa shape index (κ1) is 18.7. The highest BCUT2D eigenvalue weighted by Crippen LogP contribution is 2.25. The SMILES string of the molecule is Cc1ccc(OCC(=O)Nc2cc(-c3nc4ccccc4[nH]3)ccc2C)cc1C. The monoisotopic (exact) mass is 385 g/mol. The number of aromatic amines is 1. The van der Waals surface area contributed by atoms with Crippen LogP contribution in [0.2, 0.25) is 0 Å². The number of benzene rings is 3. The van der Waals surface area contributed by atoms with Gasteiger partial charge in [0.25, 0.3) is 5.91 Å². The number of anilines is 1. The Morgan fingerprint density at radius 3 is 2.55 bits per heavy atom. The fourth-order valence-corrected chi connectivity index (χ4v) is 3.13. The summed E-state index contributed by atoms with van der Waals surface area (Å²) in [6.07, 6.45) is 0. The highest BCUT2D eigenvalue weighted by Gasteiger charge is 2.10. The van der Waals surface area contributed by atoms with E-state index in [-0.39, 0.29) is 12.5 Å². The van der Waals surface area contributed by atoms with Gasteiger partial charge in [0.05, 0.1) is 11.0 Å². The fraction of sp³-hybridized carbons (Fsp3) is 0.167. The number of para-hydroxylation sites is 2. The van der Waals surface area contributed by atoms with Crippen LogP contribution in [0.5, 0.6) is 5.75 Å². The zero-order chi connectivity index (χ0) is 20.4. The van der Waals surface area contributed by atoms with Crippen LogP contribution in [0.25, 0.3) is 22.4 Å². The third-order valence-electron chi connectivity index (χ3n) is 5.02. The van der Waals surface area contributed by atoms with Crippen LogP contribution in [-0.4, -0.2) is 22.5 Å². The van der Waals surface area contributed by atoms with Gasteiger partial charge in [0.1, 0.15) is 11.6 Å². The summed E-state index contributed by atoms with van der Waals surface area (Å²) in [5.74, 6) is 1.26. The predicted molar refractivity (Wildman–Crippen MR) is 116 cm³/mol. The molecule has 2 N–H and O–H groups in total. The predicted octanol–water partition coefficient (Wildman–Crippen LogP) is 5.17. The second-order valence-electron chi connectivity index (χ2n) is 7.22. The Morgan fingerprint density at radius 2 is 1.76 bits per heavy atom. The van der Waals surface area contributed by atoms with Crippen molar-refractivity contribution in [3.63, 3.8) is 0 Å². The van der Waals surface area contributed by atoms with Gasteiger partial charge in [-0.05, 0) is 67.8 Å². The van der Waals surface area contributed by atoms with E-state index in [4.69, 9.17) is 4.74 Å². The molecule has 0 aliphatic carbocycles. The smallest absolute Gasteiger partial charge is 0.262 e. The largest absolute Gasteiger partial charge is 0.484 e. The lowest BCUT2D eigenvalue weighted by atomic mass is 10.1. The minimum Gasteiger partial charge on any atom is -0.484 e. The molecule has 0 aliphatic heterocycles. The second-order valence-corrected chi connectivity index (χ2v) is 7.22. The zero-order valence-corrected chi connectivity index (χ0v) is 16.7. The van der Waals surface area contributed by atoms with Gasteiger partial charge >= 0.3 is 0 Å². The topological polar surface area (TPSA) is 67.0 Å². The van der Waals surface area contributed by atoms with Gasteiger partial charge < -0.3 is 15.0 Å². The van der Waals surface area contributed by atoms with Crippen LogP contribution < -0.4 is 10.1 Å². The van der Waals surface area contributed by atoms with Gasteiger partial charge in [-0.1, -0.05) is 30.3 Å². The number of aryl methyl sites for hydroxylation is 3. The van der Waals surface area contributed by atoms with Gasteiger partial charge in [0.2, 0.25) is 0 Å². The lowest BCUT2D eigenvalue weighted by molar-refractivity contribution is -0.118. The molecule has 5 nitrogen and oxygen atoms in total. The van der Waals surface area contributed by atoms with Crippen LogP contribution in [0.3, 0.4) is 0 Å². The molecule has 0 unspecified atom stereocenters. The van der Waals surface area contributed by atoms with Gasteiger partial charge in [-0.15, -0.1) is 0 Å². The normalized spacial score (nSPS) is 10.9. The van der Waals surface area contributed by atoms with Gasteiger partial charge in [-0.2, -0.15) is 0 Å². The van der Waals surface area contributed by atoms with Crippen LogP contribution >= 0.6 is 0 Å². The highest BCUT2D eigenvalue weighted by atomic mass is 16.5. The molecule has 0 bridgehead atoms. The first-order chi connectivity index (χ1) is 14.0. The molecule has 3 aromatic carbocycles. The van der Waals surface area contributed by atoms with Gasteiger partial charge in [0.15, 0.2) is 6.61 Å². The number of hydrogen-bond donors (Lipinski definition) is 2. The Hall–Kier alpha value is -3.60. The fourth-order valence-electron chi connectivity index (χ4n) is 3.13. The van der Waals surface area contributed by atoms with Crippen molar-refractivity contribution >= 4 is 22.6 Å². The lowest BCUT2D eigenvalue weighted by Gasteiger charge is -2.11. The molecule has 0 saturated carbocycles. The molecule has 0 atom stereocenters. The summed E-state index contributed by atoms with van der Waals surface area (Å²) >= 11 is 0. The molecule has 0 aliphatic rings. The number of amides is 1. The molecular weight excluding hydrogens is 362 g/mol. The number of imidazole rings is 1. The third kappa shape index (κ3) is 4.14. The standard InChI is InChI=1S/C24H23N3O2/c1-15-9-11-19(12-17(15)3)29-14-23(28)25-22-13-18(10-8-16(22)2)24-26-20-6-4-5-7-21(20)27-24/h4-13H,14H2,1-3H3,(H,25,28)(H,26,27). The van der Waals surface area contributed by atoms with Crippen molar-refractivity contribution in [2.75, 3.05) is 11.9 Å². The first-order valence-electron chi connectivity index (χ1n) is 9.55. The molecular formula is C24H23N3O2. The molecule has 1 amide bonds. The molecule has 4 rings (SSSR count). The van der Waals surface area contributed by atoms with Gasteiger partial charge in [0, 0.05) is 11.3 Å². The number of ether oxygens (including phenoxy) is 1. The van der Waals surface area contributed by atoms with E-state index in [1.165, 1.54) is 5.56 Å². The molecule has 29 heavy (non-hydrogen) atoms. The molecule has 0 fully saturated rings. The van der Waals surface area contributed by atoms with Crippen LogP contribution in [0.15, 0.2) is 60.7 Å². The summed E-state index contributed by atoms with van der Waals surface area (Å²) in [5, 5.41) is 2.94. The number of fused-ring (bicyclic) bond motifs is 1. The number of nitrogens with zero attached hydrogens (tertiary/aromatic N) is 1. The molecule has 5 heteroatoms. The molecule has 0 radical (unpaired) electrons. The van der Waals surface area contributed by atoms with Crippen LogP contribution in [0, 0.1) is 20.8 Å². The quantitative estimate of drug-likeness (QED) is 0.498. The van der Waals surface area contributed by atoms with E-state index >= 15 is 0 Å². The van der Waals surface area contributed by atoms with E-state index in [0.717, 1.165) is 39.2 Å². The highest BCUT2D eigenvalue weighted by molar-refractivity contribution is 5.93. The van der Waals surface area contributed by atoms with Crippen molar-refractivity contribution in [1.82, 2.24) is 9.97 Å². The van der Waals surface area contributed by atoms with Crippen LogP contribution in [-0.2, 0) is 4.79 Å². The Kier molecular flexibility index (Phi) is 5.04. The van der Waals surface area contributed by atoms with Crippen LogP contribution in [0.4, 0.5) is 5.69 Å². The van der Waals surface area contributed by atoms with E-state index in [9.17, 15) is 4.79 Å². The maximum absolute atomic E-state index is 12.4. The Balaban J connectivity index is 1.48. The van der Waals surface area contributed by atoms with Crippen LogP contribution in [0.1, 0.15) is 16.7 Å². The number of aromatic nitrogens is 2. The van der Waals surface area contributed by atoms with E-state index in [1.54, 1.807) is 0 Å². The van der Waals surface area contributed by atoms with Gasteiger partial charge in [-0.25, -0.2) is 4.98 Å². The molecule has 4 aromatic rings.